The zero-order chi connectivity index (χ0) is 15.1. The highest BCUT2D eigenvalue weighted by Crippen LogP contribution is 2.27. The molecule has 2 aliphatic rings. The van der Waals surface area contributed by atoms with E-state index in [1.807, 2.05) is 0 Å². The molecule has 1 N–H and O–H groups in total. The molecule has 4 rings (SSSR count). The molecule has 1 amide bonds. The van der Waals surface area contributed by atoms with Gasteiger partial charge in [-0.1, -0.05) is 0 Å². The Hall–Kier alpha value is -2.21. The topological polar surface area (TPSA) is 75.4 Å². The fourth-order valence-corrected chi connectivity index (χ4v) is 3.57. The van der Waals surface area contributed by atoms with Crippen LogP contribution in [0.25, 0.3) is 11.0 Å². The van der Waals surface area contributed by atoms with Gasteiger partial charge < -0.3 is 14.6 Å². The van der Waals surface area contributed by atoms with Gasteiger partial charge in [0.15, 0.2) is 17.6 Å². The minimum absolute atomic E-state index is 0.164. The van der Waals surface area contributed by atoms with Crippen LogP contribution in [0.2, 0.25) is 0 Å². The normalized spacial score (nSPS) is 27.0. The van der Waals surface area contributed by atoms with Crippen molar-refractivity contribution >= 4 is 23.2 Å². The van der Waals surface area contributed by atoms with E-state index >= 15 is 0 Å². The van der Waals surface area contributed by atoms with Crippen molar-refractivity contribution in [1.29, 1.82) is 0 Å². The van der Waals surface area contributed by atoms with Gasteiger partial charge >= 0.3 is 0 Å². The monoisotopic (exact) mass is 299 g/mol. The van der Waals surface area contributed by atoms with Gasteiger partial charge in [0.2, 0.25) is 0 Å². The summed E-state index contributed by atoms with van der Waals surface area (Å²) in [4.78, 5) is 29.6. The summed E-state index contributed by atoms with van der Waals surface area (Å²) in [6.07, 6.45) is 4.42. The van der Waals surface area contributed by atoms with Crippen LogP contribution in [-0.4, -0.2) is 47.8 Å². The number of nitrogens with one attached hydrogen (secondary N) is 1. The molecule has 2 aromatic heterocycles. The minimum Gasteiger partial charge on any atom is -0.452 e. The standard InChI is InChI=1S/C16H17N3O3/c20-9-13-4-11-5-14(17-6-15(11)22-13)16(21)18-12-3-10-1-2-19(7-10)8-12/h4-6,9-10,12H,1-3,7-8H2,(H,18,21)/t10-,12+/m0/s1. The predicted octanol–water partition coefficient (Wildman–Crippen LogP) is 1.46. The number of pyridine rings is 1. The average molecular weight is 299 g/mol. The molecule has 1 unspecified atom stereocenters. The summed E-state index contributed by atoms with van der Waals surface area (Å²) in [6.45, 7) is 3.23. The van der Waals surface area contributed by atoms with E-state index in [-0.39, 0.29) is 17.7 Å². The summed E-state index contributed by atoms with van der Waals surface area (Å²) < 4.78 is 5.27. The van der Waals surface area contributed by atoms with Crippen molar-refractivity contribution in [2.24, 2.45) is 5.92 Å². The Kier molecular flexibility index (Phi) is 3.18. The number of amides is 1. The van der Waals surface area contributed by atoms with E-state index in [1.165, 1.54) is 19.2 Å². The molecule has 4 heterocycles. The number of carbonyl (C=O) groups is 2. The summed E-state index contributed by atoms with van der Waals surface area (Å²) >= 11 is 0. The molecule has 2 bridgehead atoms. The van der Waals surface area contributed by atoms with Crippen LogP contribution in [0, 0.1) is 5.92 Å². The van der Waals surface area contributed by atoms with Gasteiger partial charge in [-0.05, 0) is 37.4 Å². The molecular formula is C16H17N3O3. The molecule has 6 heteroatoms. The van der Waals surface area contributed by atoms with Crippen LogP contribution in [0.4, 0.5) is 0 Å². The van der Waals surface area contributed by atoms with E-state index < -0.39 is 0 Å². The van der Waals surface area contributed by atoms with Crippen LogP contribution in [-0.2, 0) is 0 Å². The number of fused-ring (bicyclic) bond motifs is 3. The fraction of sp³-hybridized carbons (Fsp3) is 0.438. The highest BCUT2D eigenvalue weighted by molar-refractivity contribution is 5.96. The number of rotatable bonds is 3. The van der Waals surface area contributed by atoms with E-state index in [0.717, 1.165) is 24.9 Å². The number of nitrogens with zero attached hydrogens (tertiary/aromatic N) is 2. The quantitative estimate of drug-likeness (QED) is 0.869. The van der Waals surface area contributed by atoms with Crippen LogP contribution >= 0.6 is 0 Å². The Balaban J connectivity index is 1.51. The van der Waals surface area contributed by atoms with E-state index in [2.05, 4.69) is 15.2 Å². The van der Waals surface area contributed by atoms with Crippen molar-refractivity contribution in [2.45, 2.75) is 18.9 Å². The largest absolute Gasteiger partial charge is 0.452 e. The van der Waals surface area contributed by atoms with Gasteiger partial charge in [0.05, 0.1) is 6.20 Å². The summed E-state index contributed by atoms with van der Waals surface area (Å²) in [6, 6.07) is 3.48. The van der Waals surface area contributed by atoms with Gasteiger partial charge in [-0.25, -0.2) is 4.98 Å². The maximum Gasteiger partial charge on any atom is 0.270 e. The maximum absolute atomic E-state index is 12.4. The molecule has 3 atom stereocenters. The lowest BCUT2D eigenvalue weighted by molar-refractivity contribution is 0.0904. The smallest absolute Gasteiger partial charge is 0.270 e. The number of hydrogen-bond acceptors (Lipinski definition) is 5. The second-order valence-electron chi connectivity index (χ2n) is 6.19. The van der Waals surface area contributed by atoms with Gasteiger partial charge in [-0.15, -0.1) is 0 Å². The Bertz CT molecular complexity index is 727. The second kappa shape index (κ2) is 5.21. The lowest BCUT2D eigenvalue weighted by Crippen LogP contribution is -2.47. The highest BCUT2D eigenvalue weighted by atomic mass is 16.3. The zero-order valence-electron chi connectivity index (χ0n) is 12.1. The second-order valence-corrected chi connectivity index (χ2v) is 6.19. The van der Waals surface area contributed by atoms with Crippen LogP contribution in [0.15, 0.2) is 22.7 Å². The van der Waals surface area contributed by atoms with Gasteiger partial charge in [-0.3, -0.25) is 9.59 Å². The average Bonchev–Trinajstić information content (AvgIpc) is 3.09. The third-order valence-electron chi connectivity index (χ3n) is 4.57. The van der Waals surface area contributed by atoms with Crippen molar-refractivity contribution in [1.82, 2.24) is 15.2 Å². The Morgan fingerprint density at radius 2 is 2.32 bits per heavy atom. The molecule has 0 saturated carbocycles. The highest BCUT2D eigenvalue weighted by Gasteiger charge is 2.33. The molecule has 2 fully saturated rings. The lowest BCUT2D eigenvalue weighted by atomic mass is 9.97. The first kappa shape index (κ1) is 13.5. The Morgan fingerprint density at radius 3 is 3.14 bits per heavy atom. The molecule has 0 spiro atoms. The third-order valence-corrected chi connectivity index (χ3v) is 4.57. The number of furan rings is 1. The first-order valence-corrected chi connectivity index (χ1v) is 7.59. The van der Waals surface area contributed by atoms with Crippen LogP contribution < -0.4 is 5.32 Å². The SMILES string of the molecule is O=Cc1cc2cc(C(=O)N[C@@H]3C[C@@H]4CCN(C4)C3)ncc2o1. The van der Waals surface area contributed by atoms with Crippen molar-refractivity contribution in [3.8, 4) is 0 Å². The molecule has 22 heavy (non-hydrogen) atoms. The predicted molar refractivity (Wildman–Crippen MR) is 79.8 cm³/mol. The molecular weight excluding hydrogens is 282 g/mol. The molecule has 2 aromatic rings. The summed E-state index contributed by atoms with van der Waals surface area (Å²) in [5.41, 5.74) is 0.874. The van der Waals surface area contributed by atoms with Crippen molar-refractivity contribution in [3.63, 3.8) is 0 Å². The van der Waals surface area contributed by atoms with Crippen molar-refractivity contribution in [3.05, 3.63) is 29.8 Å². The molecule has 0 radical (unpaired) electrons. The summed E-state index contributed by atoms with van der Waals surface area (Å²) in [5, 5.41) is 3.80. The lowest BCUT2D eigenvalue weighted by Gasteiger charge is -2.30. The van der Waals surface area contributed by atoms with E-state index in [4.69, 9.17) is 4.42 Å². The van der Waals surface area contributed by atoms with Crippen molar-refractivity contribution in [2.75, 3.05) is 19.6 Å². The van der Waals surface area contributed by atoms with Gasteiger partial charge in [0.25, 0.3) is 5.91 Å². The number of hydrogen-bond donors (Lipinski definition) is 1. The third kappa shape index (κ3) is 2.39. The Morgan fingerprint density at radius 1 is 1.41 bits per heavy atom. The molecule has 6 nitrogen and oxygen atoms in total. The summed E-state index contributed by atoms with van der Waals surface area (Å²) in [5.74, 6) is 0.785. The fourth-order valence-electron chi connectivity index (χ4n) is 3.57. The van der Waals surface area contributed by atoms with E-state index in [9.17, 15) is 9.59 Å². The molecule has 114 valence electrons. The van der Waals surface area contributed by atoms with Crippen LogP contribution in [0.5, 0.6) is 0 Å². The minimum atomic E-state index is -0.164. The molecule has 0 aliphatic carbocycles. The Labute approximate surface area is 127 Å². The summed E-state index contributed by atoms with van der Waals surface area (Å²) in [7, 11) is 0. The first-order chi connectivity index (χ1) is 10.7. The number of carbonyl (C=O) groups excluding carboxylic acids is 2. The van der Waals surface area contributed by atoms with E-state index in [0.29, 0.717) is 23.5 Å². The van der Waals surface area contributed by atoms with Crippen LogP contribution in [0.3, 0.4) is 0 Å². The van der Waals surface area contributed by atoms with Crippen LogP contribution in [0.1, 0.15) is 33.9 Å². The van der Waals surface area contributed by atoms with Crippen molar-refractivity contribution < 1.29 is 14.0 Å². The number of aldehydes is 1. The molecule has 0 aromatic carbocycles. The molecule has 2 aliphatic heterocycles. The van der Waals surface area contributed by atoms with E-state index in [1.54, 1.807) is 12.1 Å². The zero-order valence-corrected chi connectivity index (χ0v) is 12.1. The van der Waals surface area contributed by atoms with Gasteiger partial charge in [-0.2, -0.15) is 0 Å². The molecule has 2 saturated heterocycles. The number of piperidine rings is 1. The number of aromatic nitrogens is 1. The first-order valence-electron chi connectivity index (χ1n) is 7.59. The van der Waals surface area contributed by atoms with Gasteiger partial charge in [0, 0.05) is 24.5 Å². The maximum atomic E-state index is 12.4. The van der Waals surface area contributed by atoms with Gasteiger partial charge in [0.1, 0.15) is 5.69 Å².